The third-order valence-electron chi connectivity index (χ3n) is 5.28. The minimum Gasteiger partial charge on any atom is -0.495 e. The van der Waals surface area contributed by atoms with E-state index in [1.807, 2.05) is 13.8 Å². The monoisotopic (exact) mass is 445 g/mol. The predicted molar refractivity (Wildman–Crippen MR) is 116 cm³/mol. The number of nitrogens with zero attached hydrogens (tertiary/aromatic N) is 1. The van der Waals surface area contributed by atoms with Gasteiger partial charge >= 0.3 is 5.97 Å². The molecular weight excluding hydrogens is 418 g/mol. The predicted octanol–water partition coefficient (Wildman–Crippen LogP) is 3.40. The molecule has 0 aromatic heterocycles. The highest BCUT2D eigenvalue weighted by Crippen LogP contribution is 2.32. The molecule has 0 bridgehead atoms. The van der Waals surface area contributed by atoms with Crippen molar-refractivity contribution in [2.45, 2.75) is 25.2 Å². The van der Waals surface area contributed by atoms with Gasteiger partial charge in [0.15, 0.2) is 12.4 Å². The molecule has 2 aromatic rings. The standard InChI is InChI=1S/C23H27NO6S/c1-16-11-17(2)14-24(13-16)31(27,28)22-12-19(9-10-21(22)29-3)23(26)30-15-20(25)18-7-5-4-6-8-18/h4-10,12,16-17H,11,13-15H2,1-3H3. The second kappa shape index (κ2) is 9.62. The molecule has 0 spiro atoms. The first-order valence-corrected chi connectivity index (χ1v) is 11.6. The molecule has 0 N–H and O–H groups in total. The van der Waals surface area contributed by atoms with Gasteiger partial charge in [-0.05, 0) is 36.5 Å². The lowest BCUT2D eigenvalue weighted by molar-refractivity contribution is 0.0474. The number of ketones is 1. The third kappa shape index (κ3) is 5.32. The molecule has 2 atom stereocenters. The number of carbonyl (C=O) groups is 2. The zero-order valence-electron chi connectivity index (χ0n) is 17.9. The Hall–Kier alpha value is -2.71. The van der Waals surface area contributed by atoms with E-state index in [4.69, 9.17) is 9.47 Å². The molecule has 1 fully saturated rings. The van der Waals surface area contributed by atoms with Crippen molar-refractivity contribution < 1.29 is 27.5 Å². The molecule has 0 aliphatic carbocycles. The van der Waals surface area contributed by atoms with Crippen LogP contribution in [0.2, 0.25) is 0 Å². The summed E-state index contributed by atoms with van der Waals surface area (Å²) in [5.74, 6) is -0.485. The minimum atomic E-state index is -3.87. The molecule has 31 heavy (non-hydrogen) atoms. The maximum Gasteiger partial charge on any atom is 0.338 e. The topological polar surface area (TPSA) is 90.0 Å². The van der Waals surface area contributed by atoms with Crippen LogP contribution in [-0.2, 0) is 14.8 Å². The lowest BCUT2D eigenvalue weighted by atomic mass is 9.94. The maximum atomic E-state index is 13.3. The van der Waals surface area contributed by atoms with E-state index < -0.39 is 22.6 Å². The number of methoxy groups -OCH3 is 1. The van der Waals surface area contributed by atoms with Crippen molar-refractivity contribution in [1.82, 2.24) is 4.31 Å². The van der Waals surface area contributed by atoms with Crippen LogP contribution in [0.25, 0.3) is 0 Å². The van der Waals surface area contributed by atoms with Crippen molar-refractivity contribution in [3.05, 3.63) is 59.7 Å². The van der Waals surface area contributed by atoms with Crippen LogP contribution in [0.1, 0.15) is 41.0 Å². The van der Waals surface area contributed by atoms with E-state index in [-0.39, 0.29) is 33.8 Å². The van der Waals surface area contributed by atoms with Crippen molar-refractivity contribution in [3.63, 3.8) is 0 Å². The number of esters is 1. The maximum absolute atomic E-state index is 13.3. The highest BCUT2D eigenvalue weighted by atomic mass is 32.2. The minimum absolute atomic E-state index is 0.0401. The molecule has 1 aliphatic rings. The van der Waals surface area contributed by atoms with E-state index in [0.717, 1.165) is 6.42 Å². The van der Waals surface area contributed by atoms with Gasteiger partial charge in [-0.2, -0.15) is 4.31 Å². The fourth-order valence-electron chi connectivity index (χ4n) is 3.87. The van der Waals surface area contributed by atoms with Crippen LogP contribution in [0.3, 0.4) is 0 Å². The van der Waals surface area contributed by atoms with Gasteiger partial charge in [0.05, 0.1) is 12.7 Å². The van der Waals surface area contributed by atoms with Gasteiger partial charge in [0.1, 0.15) is 10.6 Å². The summed E-state index contributed by atoms with van der Waals surface area (Å²) < 4.78 is 38.5. The Morgan fingerprint density at radius 2 is 1.65 bits per heavy atom. The lowest BCUT2D eigenvalue weighted by Gasteiger charge is -2.34. The number of Topliss-reactive ketones (excluding diaryl/α,β-unsaturated/α-hetero) is 1. The first-order chi connectivity index (χ1) is 14.7. The molecule has 2 aromatic carbocycles. The summed E-state index contributed by atoms with van der Waals surface area (Å²) in [6.45, 7) is 4.43. The van der Waals surface area contributed by atoms with Crippen LogP contribution in [0.4, 0.5) is 0 Å². The Kier molecular flexibility index (Phi) is 7.12. The van der Waals surface area contributed by atoms with E-state index >= 15 is 0 Å². The second-order valence-corrected chi connectivity index (χ2v) is 9.91. The van der Waals surface area contributed by atoms with Gasteiger partial charge in [0.25, 0.3) is 0 Å². The summed E-state index contributed by atoms with van der Waals surface area (Å²) in [6, 6.07) is 12.6. The largest absolute Gasteiger partial charge is 0.495 e. The third-order valence-corrected chi connectivity index (χ3v) is 7.14. The van der Waals surface area contributed by atoms with Crippen molar-refractivity contribution in [3.8, 4) is 5.75 Å². The number of sulfonamides is 1. The van der Waals surface area contributed by atoms with Gasteiger partial charge in [-0.15, -0.1) is 0 Å². The van der Waals surface area contributed by atoms with Crippen molar-refractivity contribution in [2.75, 3.05) is 26.8 Å². The Morgan fingerprint density at radius 3 is 2.26 bits per heavy atom. The quantitative estimate of drug-likeness (QED) is 0.479. The number of piperidine rings is 1. The SMILES string of the molecule is COc1ccc(C(=O)OCC(=O)c2ccccc2)cc1S(=O)(=O)N1CC(C)CC(C)C1. The summed E-state index contributed by atoms with van der Waals surface area (Å²) >= 11 is 0. The number of hydrogen-bond donors (Lipinski definition) is 0. The first kappa shape index (κ1) is 23.0. The lowest BCUT2D eigenvalue weighted by Crippen LogP contribution is -2.42. The molecule has 3 rings (SSSR count). The molecular formula is C23H27NO6S. The van der Waals surface area contributed by atoms with E-state index in [9.17, 15) is 18.0 Å². The summed E-state index contributed by atoms with van der Waals surface area (Å²) in [4.78, 5) is 24.6. The molecule has 7 nitrogen and oxygen atoms in total. The normalized spacial score (nSPS) is 19.6. The summed E-state index contributed by atoms with van der Waals surface area (Å²) in [5, 5.41) is 0. The van der Waals surface area contributed by atoms with Gasteiger partial charge in [-0.25, -0.2) is 13.2 Å². The highest BCUT2D eigenvalue weighted by molar-refractivity contribution is 7.89. The van der Waals surface area contributed by atoms with Crippen molar-refractivity contribution in [1.29, 1.82) is 0 Å². The molecule has 0 saturated carbocycles. The Labute approximate surface area is 183 Å². The smallest absolute Gasteiger partial charge is 0.338 e. The van der Waals surface area contributed by atoms with Gasteiger partial charge in [-0.1, -0.05) is 44.2 Å². The van der Waals surface area contributed by atoms with E-state index in [1.165, 1.54) is 29.6 Å². The molecule has 1 aliphatic heterocycles. The van der Waals surface area contributed by atoms with Crippen LogP contribution in [0.15, 0.2) is 53.4 Å². The number of hydrogen-bond acceptors (Lipinski definition) is 6. The fraction of sp³-hybridized carbons (Fsp3) is 0.391. The van der Waals surface area contributed by atoms with Gasteiger partial charge in [-0.3, -0.25) is 4.79 Å². The molecule has 8 heteroatoms. The number of carbonyl (C=O) groups excluding carboxylic acids is 2. The molecule has 0 radical (unpaired) electrons. The first-order valence-electron chi connectivity index (χ1n) is 10.2. The van der Waals surface area contributed by atoms with Crippen LogP contribution in [0.5, 0.6) is 5.75 Å². The highest BCUT2D eigenvalue weighted by Gasteiger charge is 2.34. The number of benzene rings is 2. The summed E-state index contributed by atoms with van der Waals surface area (Å²) in [6.07, 6.45) is 0.963. The van der Waals surface area contributed by atoms with Crippen LogP contribution < -0.4 is 4.74 Å². The zero-order chi connectivity index (χ0) is 22.6. The Morgan fingerprint density at radius 1 is 1.00 bits per heavy atom. The van der Waals surface area contributed by atoms with Gasteiger partial charge < -0.3 is 9.47 Å². The van der Waals surface area contributed by atoms with Crippen molar-refractivity contribution in [2.24, 2.45) is 11.8 Å². The number of ether oxygens (including phenoxy) is 2. The second-order valence-electron chi connectivity index (χ2n) is 8.00. The van der Waals surface area contributed by atoms with Crippen LogP contribution in [0, 0.1) is 11.8 Å². The fourth-order valence-corrected chi connectivity index (χ4v) is 5.73. The van der Waals surface area contributed by atoms with Crippen LogP contribution in [-0.4, -0.2) is 51.3 Å². The summed E-state index contributed by atoms with van der Waals surface area (Å²) in [7, 11) is -2.49. The van der Waals surface area contributed by atoms with Gasteiger partial charge in [0.2, 0.25) is 10.0 Å². The average molecular weight is 446 g/mol. The summed E-state index contributed by atoms with van der Waals surface area (Å²) in [5.41, 5.74) is 0.472. The Bertz CT molecular complexity index is 1040. The average Bonchev–Trinajstić information content (AvgIpc) is 2.76. The zero-order valence-corrected chi connectivity index (χ0v) is 18.7. The molecule has 166 valence electrons. The Balaban J connectivity index is 1.81. The van der Waals surface area contributed by atoms with Crippen LogP contribution >= 0.6 is 0 Å². The van der Waals surface area contributed by atoms with Crippen molar-refractivity contribution >= 4 is 21.8 Å². The van der Waals surface area contributed by atoms with E-state index in [1.54, 1.807) is 30.3 Å². The molecule has 0 amide bonds. The molecule has 1 saturated heterocycles. The van der Waals surface area contributed by atoms with Gasteiger partial charge in [0, 0.05) is 18.7 Å². The van der Waals surface area contributed by atoms with E-state index in [0.29, 0.717) is 18.7 Å². The number of rotatable bonds is 7. The molecule has 1 heterocycles. The van der Waals surface area contributed by atoms with E-state index in [2.05, 4.69) is 0 Å². The molecule has 2 unspecified atom stereocenters.